The summed E-state index contributed by atoms with van der Waals surface area (Å²) >= 11 is 0. The van der Waals surface area contributed by atoms with Crippen molar-refractivity contribution in [1.29, 1.82) is 0 Å². The number of ketones is 1. The van der Waals surface area contributed by atoms with Crippen molar-refractivity contribution in [3.8, 4) is 11.7 Å². The van der Waals surface area contributed by atoms with Gasteiger partial charge in [-0.2, -0.15) is 0 Å². The van der Waals surface area contributed by atoms with Crippen LogP contribution in [-0.4, -0.2) is 71.7 Å². The number of carboxylic acids is 1. The Morgan fingerprint density at radius 3 is 2.38 bits per heavy atom. The molecule has 13 nitrogen and oxygen atoms in total. The maximum Gasteiger partial charge on any atom is 0.347 e. The fourth-order valence-corrected chi connectivity index (χ4v) is 4.02. The summed E-state index contributed by atoms with van der Waals surface area (Å²) in [4.78, 5) is 62.3. The minimum atomic E-state index is -1.50. The molecule has 3 rings (SSSR count). The van der Waals surface area contributed by atoms with E-state index in [9.17, 15) is 29.1 Å². The fourth-order valence-electron chi connectivity index (χ4n) is 4.02. The monoisotopic (exact) mass is 583 g/mol. The molecule has 3 N–H and O–H groups in total. The summed E-state index contributed by atoms with van der Waals surface area (Å²) in [6.45, 7) is 5.40. The lowest BCUT2D eigenvalue weighted by Gasteiger charge is -2.24. The summed E-state index contributed by atoms with van der Waals surface area (Å²) in [6.07, 6.45) is -0.753. The molecule has 3 aromatic rings. The van der Waals surface area contributed by atoms with Gasteiger partial charge in [0.15, 0.2) is 24.6 Å². The van der Waals surface area contributed by atoms with E-state index in [4.69, 9.17) is 18.7 Å². The van der Waals surface area contributed by atoms with Gasteiger partial charge in [-0.25, -0.2) is 4.79 Å². The van der Waals surface area contributed by atoms with Gasteiger partial charge in [-0.15, -0.1) is 0 Å². The Morgan fingerprint density at radius 2 is 1.69 bits per heavy atom. The zero-order valence-corrected chi connectivity index (χ0v) is 23.7. The molecule has 13 heteroatoms. The Kier molecular flexibility index (Phi) is 11.0. The maximum absolute atomic E-state index is 13.1. The number of amides is 2. The van der Waals surface area contributed by atoms with Crippen LogP contribution in [0.15, 0.2) is 47.0 Å². The summed E-state index contributed by atoms with van der Waals surface area (Å²) in [5.41, 5.74) is 0.0583. The Morgan fingerprint density at radius 1 is 0.976 bits per heavy atom. The van der Waals surface area contributed by atoms with Crippen LogP contribution in [0.25, 0.3) is 10.8 Å². The number of rotatable bonds is 15. The quantitative estimate of drug-likeness (QED) is 0.223. The molecule has 0 aliphatic rings. The molecule has 0 aliphatic heterocycles. The Balaban J connectivity index is 1.64. The van der Waals surface area contributed by atoms with E-state index in [-0.39, 0.29) is 30.4 Å². The fraction of sp³-hybridized carbons (Fsp3) is 0.379. The molecule has 0 bridgehead atoms. The number of carboxylic acid groups (broad SMARTS) is 1. The lowest BCUT2D eigenvalue weighted by atomic mass is 10.0. The van der Waals surface area contributed by atoms with Crippen LogP contribution in [-0.2, 0) is 23.9 Å². The van der Waals surface area contributed by atoms with Gasteiger partial charge in [0.05, 0.1) is 18.7 Å². The number of benzene rings is 2. The van der Waals surface area contributed by atoms with Crippen LogP contribution in [0.5, 0.6) is 11.7 Å². The van der Waals surface area contributed by atoms with Crippen molar-refractivity contribution in [2.45, 2.75) is 46.2 Å². The number of carbonyl (C=O) groups excluding carboxylic acids is 4. The first kappa shape index (κ1) is 31.6. The molecule has 1 aromatic heterocycles. The van der Waals surface area contributed by atoms with Crippen LogP contribution in [0.4, 0.5) is 0 Å². The Bertz CT molecular complexity index is 1440. The molecule has 0 fully saturated rings. The highest BCUT2D eigenvalue weighted by molar-refractivity contribution is 5.96. The van der Waals surface area contributed by atoms with Crippen LogP contribution in [0, 0.1) is 12.8 Å². The van der Waals surface area contributed by atoms with Crippen LogP contribution in [0.2, 0.25) is 0 Å². The second-order valence-corrected chi connectivity index (χ2v) is 9.62. The van der Waals surface area contributed by atoms with Crippen LogP contribution >= 0.6 is 0 Å². The van der Waals surface area contributed by atoms with Gasteiger partial charge in [0.2, 0.25) is 5.91 Å². The highest BCUT2D eigenvalue weighted by atomic mass is 16.6. The number of aromatic nitrogens is 1. The molecule has 2 atom stereocenters. The van der Waals surface area contributed by atoms with E-state index in [0.29, 0.717) is 5.75 Å². The molecule has 0 saturated heterocycles. The average molecular weight is 584 g/mol. The molecule has 42 heavy (non-hydrogen) atoms. The minimum Gasteiger partial charge on any atom is -0.483 e. The number of aliphatic carboxylic acids is 1. The van der Waals surface area contributed by atoms with Crippen molar-refractivity contribution in [2.75, 3.05) is 19.8 Å². The largest absolute Gasteiger partial charge is 0.483 e. The third kappa shape index (κ3) is 8.29. The molecular formula is C29H33N3O10. The molecule has 0 radical (unpaired) electrons. The molecule has 224 valence electrons. The summed E-state index contributed by atoms with van der Waals surface area (Å²) in [5, 5.41) is 19.7. The Hall–Kier alpha value is -4.94. The number of Topliss-reactive ketones (excluding diaryl/α,β-unsaturated/α-hetero) is 1. The molecule has 0 aliphatic carbocycles. The highest BCUT2D eigenvalue weighted by Crippen LogP contribution is 2.25. The van der Waals surface area contributed by atoms with Gasteiger partial charge in [0.25, 0.3) is 5.91 Å². The van der Waals surface area contributed by atoms with Crippen molar-refractivity contribution >= 4 is 40.3 Å². The van der Waals surface area contributed by atoms with E-state index >= 15 is 0 Å². The third-order valence-corrected chi connectivity index (χ3v) is 6.11. The first-order valence-corrected chi connectivity index (χ1v) is 13.2. The standard InChI is InChI=1S/C29H33N3O10/c1-5-39-28(38)25-17(4)32-42-29(25)41-14-21(33)20(13-24(35)36)30-27(37)26(16(2)3)31-23(34)15-40-22-12-8-10-18-9-6-7-11-19(18)22/h6-12,16,20,26H,5,13-15H2,1-4H3,(H,30,37)(H,31,34)(H,35,36)/t20-,26-/m0/s1. The molecule has 2 aromatic carbocycles. The average Bonchev–Trinajstić information content (AvgIpc) is 3.32. The molecule has 2 amide bonds. The van der Waals surface area contributed by atoms with Gasteiger partial charge < -0.3 is 34.5 Å². The summed E-state index contributed by atoms with van der Waals surface area (Å²) in [5.74, 6) is -4.61. The van der Waals surface area contributed by atoms with Crippen LogP contribution in [0.1, 0.15) is 43.2 Å². The summed E-state index contributed by atoms with van der Waals surface area (Å²) in [7, 11) is 0. The second-order valence-electron chi connectivity index (χ2n) is 9.62. The number of fused-ring (bicyclic) bond motifs is 1. The third-order valence-electron chi connectivity index (χ3n) is 6.11. The predicted octanol–water partition coefficient (Wildman–Crippen LogP) is 2.44. The molecule has 0 saturated carbocycles. The zero-order chi connectivity index (χ0) is 30.8. The first-order chi connectivity index (χ1) is 20.0. The molecule has 1 heterocycles. The maximum atomic E-state index is 13.1. The van der Waals surface area contributed by atoms with Crippen LogP contribution < -0.4 is 20.1 Å². The number of hydrogen-bond donors (Lipinski definition) is 3. The Labute approximate surface area is 241 Å². The zero-order valence-electron chi connectivity index (χ0n) is 23.7. The van der Waals surface area contributed by atoms with Crippen molar-refractivity contribution in [3.05, 3.63) is 53.7 Å². The van der Waals surface area contributed by atoms with E-state index in [1.54, 1.807) is 32.9 Å². The van der Waals surface area contributed by atoms with Gasteiger partial charge in [-0.05, 0) is 31.2 Å². The van der Waals surface area contributed by atoms with Crippen molar-refractivity contribution in [1.82, 2.24) is 15.8 Å². The summed E-state index contributed by atoms with van der Waals surface area (Å²) in [6, 6.07) is 10.3. The molecule has 0 unspecified atom stereocenters. The number of ether oxygens (including phenoxy) is 3. The first-order valence-electron chi connectivity index (χ1n) is 13.2. The van der Waals surface area contributed by atoms with E-state index in [2.05, 4.69) is 15.8 Å². The van der Waals surface area contributed by atoms with Gasteiger partial charge in [0.1, 0.15) is 17.8 Å². The van der Waals surface area contributed by atoms with E-state index < -0.39 is 60.6 Å². The van der Waals surface area contributed by atoms with E-state index in [0.717, 1.165) is 10.8 Å². The van der Waals surface area contributed by atoms with Gasteiger partial charge >= 0.3 is 17.9 Å². The number of carbonyl (C=O) groups is 5. The number of aryl methyl sites for hydroxylation is 1. The lowest BCUT2D eigenvalue weighted by Crippen LogP contribution is -2.55. The smallest absolute Gasteiger partial charge is 0.347 e. The van der Waals surface area contributed by atoms with Gasteiger partial charge in [-0.3, -0.25) is 19.2 Å². The minimum absolute atomic E-state index is 0.0807. The summed E-state index contributed by atoms with van der Waals surface area (Å²) < 4.78 is 20.9. The second kappa shape index (κ2) is 14.6. The normalized spacial score (nSPS) is 12.3. The van der Waals surface area contributed by atoms with E-state index in [1.807, 2.05) is 30.3 Å². The van der Waals surface area contributed by atoms with Crippen molar-refractivity contribution in [3.63, 3.8) is 0 Å². The number of esters is 1. The SMILES string of the molecule is CCOC(=O)c1c(C)noc1OCC(=O)[C@H](CC(=O)O)NC(=O)[C@@H](NC(=O)COc1cccc2ccccc12)C(C)C. The highest BCUT2D eigenvalue weighted by Gasteiger charge is 2.31. The van der Waals surface area contributed by atoms with Crippen molar-refractivity contribution < 1.29 is 47.8 Å². The number of nitrogens with one attached hydrogen (secondary N) is 2. The van der Waals surface area contributed by atoms with E-state index in [1.165, 1.54) is 6.92 Å². The number of nitrogens with zero attached hydrogens (tertiary/aromatic N) is 1. The number of hydrogen-bond acceptors (Lipinski definition) is 10. The molecular weight excluding hydrogens is 550 g/mol. The lowest BCUT2D eigenvalue weighted by molar-refractivity contribution is -0.141. The topological polar surface area (TPSA) is 183 Å². The van der Waals surface area contributed by atoms with Crippen molar-refractivity contribution in [2.24, 2.45) is 5.92 Å². The molecule has 0 spiro atoms. The van der Waals surface area contributed by atoms with Crippen LogP contribution in [0.3, 0.4) is 0 Å². The van der Waals surface area contributed by atoms with Gasteiger partial charge in [0, 0.05) is 5.39 Å². The van der Waals surface area contributed by atoms with Gasteiger partial charge in [-0.1, -0.05) is 55.4 Å². The predicted molar refractivity (Wildman–Crippen MR) is 148 cm³/mol.